The summed E-state index contributed by atoms with van der Waals surface area (Å²) in [4.78, 5) is 35.4. The Labute approximate surface area is 288 Å². The number of hydrogen-bond donors (Lipinski definition) is 2. The van der Waals surface area contributed by atoms with E-state index in [9.17, 15) is 14.7 Å². The maximum Gasteiger partial charge on any atom is 0.414 e. The van der Waals surface area contributed by atoms with Crippen molar-refractivity contribution in [1.29, 1.82) is 0 Å². The zero-order valence-electron chi connectivity index (χ0n) is 29.1. The molecule has 0 bridgehead atoms. The van der Waals surface area contributed by atoms with Gasteiger partial charge in [-0.15, -0.1) is 0 Å². The molecule has 2 aromatic heterocycles. The van der Waals surface area contributed by atoms with Crippen LogP contribution in [0.15, 0.2) is 85.5 Å². The molecule has 0 saturated heterocycles. The summed E-state index contributed by atoms with van der Waals surface area (Å²) in [5.41, 5.74) is 4.66. The van der Waals surface area contributed by atoms with E-state index < -0.39 is 11.2 Å². The van der Waals surface area contributed by atoms with Gasteiger partial charge in [0.1, 0.15) is 29.3 Å². The van der Waals surface area contributed by atoms with Crippen molar-refractivity contribution in [3.63, 3.8) is 0 Å². The fourth-order valence-corrected chi connectivity index (χ4v) is 4.97. The van der Waals surface area contributed by atoms with Crippen molar-refractivity contribution in [1.82, 2.24) is 9.97 Å². The molecule has 11 nitrogen and oxygen atoms in total. The van der Waals surface area contributed by atoms with E-state index in [4.69, 9.17) is 19.3 Å². The Kier molecular flexibility index (Phi) is 12.2. The average molecular weight is 671 g/mol. The highest BCUT2D eigenvalue weighted by molar-refractivity contribution is 5.91. The maximum atomic E-state index is 12.4. The minimum absolute atomic E-state index is 0.0772. The number of phenols is 1. The highest BCUT2D eigenvalue weighted by Gasteiger charge is 2.30. The average Bonchev–Trinajstić information content (AvgIpc) is 3.68. The third-order valence-corrected chi connectivity index (χ3v) is 7.18. The molecule has 260 valence electrons. The molecule has 0 radical (unpaired) electrons. The third kappa shape index (κ3) is 11.2. The summed E-state index contributed by atoms with van der Waals surface area (Å²) in [7, 11) is 0. The lowest BCUT2D eigenvalue weighted by Gasteiger charge is -2.25. The molecule has 2 N–H and O–H groups in total. The minimum atomic E-state index is -0.506. The summed E-state index contributed by atoms with van der Waals surface area (Å²) in [6.07, 6.45) is 7.79. The number of rotatable bonds is 4. The van der Waals surface area contributed by atoms with Crippen LogP contribution < -0.4 is 14.5 Å². The van der Waals surface area contributed by atoms with Gasteiger partial charge in [-0.3, -0.25) is 19.8 Å². The number of nitrogens with zero attached hydrogens (tertiary/aromatic N) is 4. The lowest BCUT2D eigenvalue weighted by molar-refractivity contribution is 0.0573. The normalized spacial score (nSPS) is 13.2. The molecule has 0 fully saturated rings. The van der Waals surface area contributed by atoms with Crippen LogP contribution in [-0.4, -0.2) is 56.7 Å². The van der Waals surface area contributed by atoms with Crippen LogP contribution in [0.3, 0.4) is 0 Å². The topological polar surface area (TPSA) is 135 Å². The van der Waals surface area contributed by atoms with Crippen LogP contribution in [0.4, 0.5) is 21.0 Å². The highest BCUT2D eigenvalue weighted by atomic mass is 16.6. The molecule has 49 heavy (non-hydrogen) atoms. The molecule has 2 aromatic carbocycles. The van der Waals surface area contributed by atoms with Gasteiger partial charge in [0.05, 0.1) is 18.0 Å². The number of pyridine rings is 2. The number of aliphatic hydroxyl groups is 1. The van der Waals surface area contributed by atoms with Crippen LogP contribution in [0, 0.1) is 0 Å². The second-order valence-electron chi connectivity index (χ2n) is 13.5. The highest BCUT2D eigenvalue weighted by Crippen LogP contribution is 2.34. The van der Waals surface area contributed by atoms with Crippen LogP contribution in [0.1, 0.15) is 63.8 Å². The van der Waals surface area contributed by atoms with E-state index >= 15 is 0 Å². The number of phenolic OH excluding ortho intramolecular Hbond substituents is 1. The van der Waals surface area contributed by atoms with Crippen LogP contribution in [-0.2, 0) is 35.5 Å². The first-order valence-corrected chi connectivity index (χ1v) is 16.2. The molecule has 6 rings (SSSR count). The molecule has 0 unspecified atom stereocenters. The number of aromatic hydroxyl groups is 1. The van der Waals surface area contributed by atoms with Crippen molar-refractivity contribution in [2.75, 3.05) is 22.9 Å². The van der Waals surface area contributed by atoms with E-state index in [1.807, 2.05) is 84.0 Å². The van der Waals surface area contributed by atoms with Gasteiger partial charge in [-0.2, -0.15) is 0 Å². The van der Waals surface area contributed by atoms with Crippen molar-refractivity contribution in [2.24, 2.45) is 0 Å². The van der Waals surface area contributed by atoms with Crippen molar-refractivity contribution >= 4 is 23.6 Å². The Balaban J connectivity index is 0.000000187. The van der Waals surface area contributed by atoms with Crippen molar-refractivity contribution in [2.45, 2.75) is 78.8 Å². The molecule has 0 aliphatic carbocycles. The Hall–Kier alpha value is -5.16. The summed E-state index contributed by atoms with van der Waals surface area (Å²) >= 11 is 0. The van der Waals surface area contributed by atoms with Gasteiger partial charge in [0, 0.05) is 55.6 Å². The standard InChI is InChI=1S/C19H22N2O3.C13H17NO3.C6H7NO/c1-19(2,3)24-18(22)21-10-8-15-6-7-16(11-17(15)21)23-13-14-5-4-9-20-12-14;1-13(2,3)17-12(16)14-7-6-9-4-5-10(15)8-11(9)14;8-5-6-2-1-3-7-4-6/h4-7,9,11-12H,8,10,13H2,1-3H3;4-5,8,15H,6-7H2,1-3H3;1-4,8H,5H2. The zero-order chi connectivity index (χ0) is 35.6. The number of benzene rings is 2. The number of fused-ring (bicyclic) bond motifs is 2. The number of amides is 2. The fourth-order valence-electron chi connectivity index (χ4n) is 4.97. The van der Waals surface area contributed by atoms with Crippen molar-refractivity contribution in [3.05, 3.63) is 108 Å². The molecule has 0 spiro atoms. The predicted molar refractivity (Wildman–Crippen MR) is 188 cm³/mol. The number of aromatic nitrogens is 2. The molecular formula is C38H46N4O7. The Morgan fingerprint density at radius 3 is 1.71 bits per heavy atom. The third-order valence-electron chi connectivity index (χ3n) is 7.18. The maximum absolute atomic E-state index is 12.4. The quantitative estimate of drug-likeness (QED) is 0.231. The van der Waals surface area contributed by atoms with Crippen LogP contribution in [0.2, 0.25) is 0 Å². The van der Waals surface area contributed by atoms with E-state index in [0.29, 0.717) is 19.7 Å². The van der Waals surface area contributed by atoms with E-state index in [1.54, 1.807) is 52.8 Å². The zero-order valence-corrected chi connectivity index (χ0v) is 29.1. The molecule has 11 heteroatoms. The first-order valence-electron chi connectivity index (χ1n) is 16.2. The molecule has 2 aliphatic heterocycles. The lowest BCUT2D eigenvalue weighted by Crippen LogP contribution is -2.35. The number of ether oxygens (including phenoxy) is 3. The van der Waals surface area contributed by atoms with Crippen LogP contribution >= 0.6 is 0 Å². The molecule has 4 aromatic rings. The first-order chi connectivity index (χ1) is 23.2. The number of carbonyl (C=O) groups is 2. The summed E-state index contributed by atoms with van der Waals surface area (Å²) < 4.78 is 16.6. The number of hydrogen-bond acceptors (Lipinski definition) is 9. The summed E-state index contributed by atoms with van der Waals surface area (Å²) in [6.45, 7) is 12.9. The Morgan fingerprint density at radius 1 is 0.735 bits per heavy atom. The summed E-state index contributed by atoms with van der Waals surface area (Å²) in [5.74, 6) is 0.896. The number of carbonyl (C=O) groups excluding carboxylic acids is 2. The largest absolute Gasteiger partial charge is 0.508 e. The van der Waals surface area contributed by atoms with E-state index in [-0.39, 0.29) is 24.5 Å². The molecule has 2 amide bonds. The first kappa shape index (κ1) is 36.7. The SMILES string of the molecule is CC(C)(C)OC(=O)N1CCc2ccc(O)cc21.CC(C)(C)OC(=O)N1CCc2ccc(OCc3cccnc3)cc21.OCc1cccnc1. The van der Waals surface area contributed by atoms with Crippen molar-refractivity contribution < 1.29 is 34.0 Å². The molecule has 2 aliphatic rings. The van der Waals surface area contributed by atoms with E-state index in [2.05, 4.69) is 9.97 Å². The smallest absolute Gasteiger partial charge is 0.414 e. The van der Waals surface area contributed by atoms with Gasteiger partial charge < -0.3 is 24.4 Å². The predicted octanol–water partition coefficient (Wildman–Crippen LogP) is 7.22. The number of aliphatic hydroxyl groups excluding tert-OH is 1. The van der Waals surface area contributed by atoms with Gasteiger partial charge in [0.25, 0.3) is 0 Å². The fraction of sp³-hybridized carbons (Fsp3) is 0.368. The van der Waals surface area contributed by atoms with Gasteiger partial charge in [0.2, 0.25) is 0 Å². The van der Waals surface area contributed by atoms with Crippen LogP contribution in [0.5, 0.6) is 11.5 Å². The van der Waals surface area contributed by atoms with Crippen LogP contribution in [0.25, 0.3) is 0 Å². The molecule has 0 saturated carbocycles. The van der Waals surface area contributed by atoms with Gasteiger partial charge in [0.15, 0.2) is 0 Å². The Morgan fingerprint density at radius 2 is 1.24 bits per heavy atom. The van der Waals surface area contributed by atoms with E-state index in [0.717, 1.165) is 52.2 Å². The minimum Gasteiger partial charge on any atom is -0.508 e. The second-order valence-corrected chi connectivity index (χ2v) is 13.5. The van der Waals surface area contributed by atoms with Gasteiger partial charge in [-0.1, -0.05) is 24.3 Å². The van der Waals surface area contributed by atoms with Gasteiger partial charge in [-0.05, 0) is 95.3 Å². The number of anilines is 2. The molecular weight excluding hydrogens is 624 g/mol. The van der Waals surface area contributed by atoms with Crippen molar-refractivity contribution in [3.8, 4) is 11.5 Å². The molecule has 4 heterocycles. The lowest BCUT2D eigenvalue weighted by atomic mass is 10.1. The summed E-state index contributed by atoms with van der Waals surface area (Å²) in [6, 6.07) is 18.4. The van der Waals surface area contributed by atoms with E-state index in [1.165, 1.54) is 0 Å². The summed E-state index contributed by atoms with van der Waals surface area (Å²) in [5, 5.41) is 17.9. The van der Waals surface area contributed by atoms with Gasteiger partial charge in [-0.25, -0.2) is 9.59 Å². The molecule has 0 atom stereocenters. The van der Waals surface area contributed by atoms with Gasteiger partial charge >= 0.3 is 12.2 Å². The second kappa shape index (κ2) is 16.3. The Bertz CT molecular complexity index is 1690. The monoisotopic (exact) mass is 670 g/mol.